The van der Waals surface area contributed by atoms with Crippen LogP contribution in [-0.4, -0.2) is 62.8 Å². The lowest BCUT2D eigenvalue weighted by Gasteiger charge is -2.39. The highest BCUT2D eigenvalue weighted by atomic mass is 79.9. The first-order chi connectivity index (χ1) is 19.4. The number of nitrogens with zero attached hydrogens (tertiary/aromatic N) is 4. The number of hydrogen-bond donors (Lipinski definition) is 2. The molecule has 0 bridgehead atoms. The molecule has 2 amide bonds. The molecule has 1 aliphatic heterocycles. The Labute approximate surface area is 257 Å². The predicted octanol–water partition coefficient (Wildman–Crippen LogP) is 3.86. The van der Waals surface area contributed by atoms with Crippen LogP contribution in [-0.2, 0) is 19.6 Å². The third kappa shape index (κ3) is 5.54. The molecule has 5 atom stereocenters. The minimum Gasteiger partial charge on any atom is -0.378 e. The zero-order valence-corrected chi connectivity index (χ0v) is 27.7. The van der Waals surface area contributed by atoms with Gasteiger partial charge in [-0.2, -0.15) is 9.98 Å². The lowest BCUT2D eigenvalue weighted by molar-refractivity contribution is -0.145. The number of likely N-dealkylation sites (tertiary alicyclic amines) is 1. The lowest BCUT2D eigenvalue weighted by atomic mass is 9.84. The van der Waals surface area contributed by atoms with E-state index in [0.717, 1.165) is 5.69 Å². The minimum absolute atomic E-state index is 0.0357. The maximum atomic E-state index is 14.3. The van der Waals surface area contributed by atoms with Gasteiger partial charge < -0.3 is 15.1 Å². The van der Waals surface area contributed by atoms with Gasteiger partial charge in [0.1, 0.15) is 18.1 Å². The Morgan fingerprint density at radius 3 is 2.31 bits per heavy atom. The Hall–Kier alpha value is -3.01. The fourth-order valence-electron chi connectivity index (χ4n) is 6.26. The van der Waals surface area contributed by atoms with E-state index < -0.39 is 50.8 Å². The van der Waals surface area contributed by atoms with Crippen molar-refractivity contribution < 1.29 is 18.0 Å². The van der Waals surface area contributed by atoms with Crippen LogP contribution in [0, 0.1) is 33.5 Å². The molecule has 42 heavy (non-hydrogen) atoms. The molecule has 1 saturated heterocycles. The number of halogens is 1. The van der Waals surface area contributed by atoms with Gasteiger partial charge in [-0.25, -0.2) is 8.42 Å². The van der Waals surface area contributed by atoms with Gasteiger partial charge in [-0.1, -0.05) is 41.5 Å². The lowest BCUT2D eigenvalue weighted by Crippen LogP contribution is -2.60. The number of benzene rings is 1. The normalized spacial score (nSPS) is 24.2. The Morgan fingerprint density at radius 2 is 1.79 bits per heavy atom. The summed E-state index contributed by atoms with van der Waals surface area (Å²) in [6.07, 6.45) is 3.09. The Morgan fingerprint density at radius 1 is 1.17 bits per heavy atom. The molecule has 226 valence electrons. The molecule has 1 aliphatic carbocycles. The van der Waals surface area contributed by atoms with Gasteiger partial charge in [0, 0.05) is 54.2 Å². The fraction of sp³-hybridized carbons (Fsp3) is 0.533. The van der Waals surface area contributed by atoms with Crippen molar-refractivity contribution in [1.29, 1.82) is 5.26 Å². The summed E-state index contributed by atoms with van der Waals surface area (Å²) in [5.74, 6) is -0.896. The fourth-order valence-corrected chi connectivity index (χ4v) is 8.04. The highest BCUT2D eigenvalue weighted by Gasteiger charge is 2.78. The van der Waals surface area contributed by atoms with Crippen LogP contribution in [0.5, 0.6) is 0 Å². The number of rotatable bonds is 8. The van der Waals surface area contributed by atoms with Crippen molar-refractivity contribution in [3.8, 4) is 6.07 Å². The van der Waals surface area contributed by atoms with Crippen LogP contribution < -0.4 is 14.9 Å². The minimum atomic E-state index is -4.07. The van der Waals surface area contributed by atoms with Crippen LogP contribution in [0.15, 0.2) is 52.1 Å². The summed E-state index contributed by atoms with van der Waals surface area (Å²) in [6.45, 7) is 11.8. The molecule has 2 N–H and O–H groups in total. The third-order valence-electron chi connectivity index (χ3n) is 9.21. The van der Waals surface area contributed by atoms with Crippen LogP contribution in [0.1, 0.15) is 53.1 Å². The van der Waals surface area contributed by atoms with E-state index in [9.17, 15) is 23.3 Å². The van der Waals surface area contributed by atoms with E-state index in [1.54, 1.807) is 45.2 Å². The van der Waals surface area contributed by atoms with Crippen molar-refractivity contribution in [1.82, 2.24) is 19.9 Å². The second-order valence-corrected chi connectivity index (χ2v) is 15.9. The number of sulfonamides is 1. The first kappa shape index (κ1) is 31.9. The number of nitriles is 1. The summed E-state index contributed by atoms with van der Waals surface area (Å²) < 4.78 is 30.3. The monoisotopic (exact) mass is 658 g/mol. The summed E-state index contributed by atoms with van der Waals surface area (Å²) in [4.78, 5) is 35.7. The quantitative estimate of drug-likeness (QED) is 0.440. The number of hydrogen-bond acceptors (Lipinski definition) is 7. The number of aromatic nitrogens is 1. The predicted molar refractivity (Wildman–Crippen MR) is 164 cm³/mol. The zero-order valence-electron chi connectivity index (χ0n) is 25.3. The Balaban J connectivity index is 1.65. The first-order valence-electron chi connectivity index (χ1n) is 13.8. The highest BCUT2D eigenvalue weighted by molar-refractivity contribution is 9.10. The maximum Gasteiger partial charge on any atom is 0.244 e. The van der Waals surface area contributed by atoms with Gasteiger partial charge in [-0.05, 0) is 63.0 Å². The van der Waals surface area contributed by atoms with Gasteiger partial charge in [-0.3, -0.25) is 14.6 Å². The standard InChI is InChI=1S/C30H39BrN6O4S/c1-28(2,3)24(35-42(40,41)21-11-9-20(10-12-21)36(7)8)27(39)37-17-23-29(4,5)30(23,6)25(37)26(38)34-22(14-32)18-13-19(31)16-33-15-18/h9-13,15-16,22-25,35H,17H2,1-8H3,(H,34,38)/t22?,23?,24-,25-,30+/m1/s1. The second-order valence-electron chi connectivity index (χ2n) is 13.3. The van der Waals surface area contributed by atoms with E-state index in [1.165, 1.54) is 23.2 Å². The van der Waals surface area contributed by atoms with Gasteiger partial charge in [0.2, 0.25) is 21.8 Å². The molecule has 2 unspecified atom stereocenters. The molecular weight excluding hydrogens is 620 g/mol. The van der Waals surface area contributed by atoms with Crippen LogP contribution in [0.3, 0.4) is 0 Å². The molecule has 0 radical (unpaired) electrons. The van der Waals surface area contributed by atoms with E-state index in [4.69, 9.17) is 0 Å². The van der Waals surface area contributed by atoms with Crippen LogP contribution >= 0.6 is 15.9 Å². The Kier molecular flexibility index (Phi) is 8.30. The molecule has 1 saturated carbocycles. The van der Waals surface area contributed by atoms with Crippen LogP contribution in [0.2, 0.25) is 0 Å². The molecule has 12 heteroatoms. The number of amides is 2. The first-order valence-corrected chi connectivity index (χ1v) is 16.0. The SMILES string of the molecule is CN(C)c1ccc(S(=O)(=O)N[C@H](C(=O)N2CC3C(C)(C)[C@]3(C)[C@H]2C(=O)NC(C#N)c2cncc(Br)c2)C(C)(C)C)cc1. The number of piperidine rings is 1. The molecule has 2 heterocycles. The topological polar surface area (TPSA) is 136 Å². The zero-order chi connectivity index (χ0) is 31.4. The molecule has 2 aliphatic rings. The smallest absolute Gasteiger partial charge is 0.244 e. The van der Waals surface area contributed by atoms with Gasteiger partial charge in [-0.15, -0.1) is 0 Å². The van der Waals surface area contributed by atoms with E-state index in [-0.39, 0.29) is 16.2 Å². The maximum absolute atomic E-state index is 14.3. The van der Waals surface area contributed by atoms with E-state index in [1.807, 2.05) is 25.9 Å². The summed E-state index contributed by atoms with van der Waals surface area (Å²) in [7, 11) is -0.351. The number of carbonyl (C=O) groups excluding carboxylic acids is 2. The summed E-state index contributed by atoms with van der Waals surface area (Å²) in [6, 6.07) is 7.23. The van der Waals surface area contributed by atoms with Crippen molar-refractivity contribution in [2.45, 2.75) is 64.6 Å². The number of fused-ring (bicyclic) bond motifs is 1. The number of pyridine rings is 1. The van der Waals surface area contributed by atoms with Crippen molar-refractivity contribution in [2.24, 2.45) is 22.2 Å². The molecule has 10 nitrogen and oxygen atoms in total. The van der Waals surface area contributed by atoms with Crippen molar-refractivity contribution in [2.75, 3.05) is 25.5 Å². The van der Waals surface area contributed by atoms with Gasteiger partial charge in [0.05, 0.1) is 11.0 Å². The summed E-state index contributed by atoms with van der Waals surface area (Å²) in [5, 5.41) is 12.7. The second kappa shape index (κ2) is 10.9. The molecule has 2 fully saturated rings. The largest absolute Gasteiger partial charge is 0.378 e. The van der Waals surface area contributed by atoms with E-state index >= 15 is 0 Å². The van der Waals surface area contributed by atoms with Crippen molar-refractivity contribution in [3.63, 3.8) is 0 Å². The van der Waals surface area contributed by atoms with Gasteiger partial charge in [0.25, 0.3) is 0 Å². The third-order valence-corrected chi connectivity index (χ3v) is 11.1. The van der Waals surface area contributed by atoms with Crippen molar-refractivity contribution in [3.05, 3.63) is 52.8 Å². The molecule has 0 spiro atoms. The Bertz CT molecular complexity index is 1530. The molecular formula is C30H39BrN6O4S. The van der Waals surface area contributed by atoms with E-state index in [0.29, 0.717) is 16.6 Å². The number of anilines is 1. The average molecular weight is 660 g/mol. The highest BCUT2D eigenvalue weighted by Crippen LogP contribution is 2.74. The molecule has 1 aromatic carbocycles. The van der Waals surface area contributed by atoms with Gasteiger partial charge >= 0.3 is 0 Å². The van der Waals surface area contributed by atoms with Crippen LogP contribution in [0.25, 0.3) is 0 Å². The summed E-state index contributed by atoms with van der Waals surface area (Å²) >= 11 is 3.35. The number of carbonyl (C=O) groups is 2. The van der Waals surface area contributed by atoms with Crippen LogP contribution in [0.4, 0.5) is 5.69 Å². The summed E-state index contributed by atoms with van der Waals surface area (Å²) in [5.41, 5.74) is -0.238. The van der Waals surface area contributed by atoms with Gasteiger partial charge in [0.15, 0.2) is 0 Å². The van der Waals surface area contributed by atoms with E-state index in [2.05, 4.69) is 50.9 Å². The van der Waals surface area contributed by atoms with Crippen molar-refractivity contribution >= 4 is 43.5 Å². The molecule has 4 rings (SSSR count). The number of nitrogens with one attached hydrogen (secondary N) is 2. The molecule has 1 aromatic heterocycles. The molecule has 2 aromatic rings. The average Bonchev–Trinajstić information content (AvgIpc) is 3.16.